The van der Waals surface area contributed by atoms with Gasteiger partial charge in [0.25, 0.3) is 5.56 Å². The lowest BCUT2D eigenvalue weighted by Gasteiger charge is -2.13. The first-order chi connectivity index (χ1) is 13.5. The second-order valence-corrected chi connectivity index (χ2v) is 8.56. The predicted molar refractivity (Wildman–Crippen MR) is 115 cm³/mol. The zero-order valence-electron chi connectivity index (χ0n) is 16.3. The third kappa shape index (κ3) is 3.14. The Labute approximate surface area is 171 Å². The molecule has 0 unspecified atom stereocenters. The maximum Gasteiger partial charge on any atom is 0.271 e. The Bertz CT molecular complexity index is 1230. The molecular formula is C21H22N3O2S2+. The molecule has 0 radical (unpaired) electrons. The summed E-state index contributed by atoms with van der Waals surface area (Å²) in [6, 6.07) is 12.1. The highest BCUT2D eigenvalue weighted by atomic mass is 32.2. The maximum absolute atomic E-state index is 13.2. The Morgan fingerprint density at radius 2 is 2.07 bits per heavy atom. The van der Waals surface area contributed by atoms with Gasteiger partial charge < -0.3 is 9.64 Å². The summed E-state index contributed by atoms with van der Waals surface area (Å²) in [4.78, 5) is 16.4. The first-order valence-corrected chi connectivity index (χ1v) is 10.7. The van der Waals surface area contributed by atoms with Crippen molar-refractivity contribution in [2.24, 2.45) is 7.05 Å². The van der Waals surface area contributed by atoms with E-state index < -0.39 is 0 Å². The van der Waals surface area contributed by atoms with Gasteiger partial charge in [-0.3, -0.25) is 9.36 Å². The third-order valence-electron chi connectivity index (χ3n) is 4.83. The number of thioether (sulfide) groups is 1. The summed E-state index contributed by atoms with van der Waals surface area (Å²) >= 11 is 3.18. The van der Waals surface area contributed by atoms with E-state index in [4.69, 9.17) is 4.74 Å². The van der Waals surface area contributed by atoms with Crippen LogP contribution in [0.3, 0.4) is 0 Å². The Kier molecular flexibility index (Phi) is 5.03. The quantitative estimate of drug-likeness (QED) is 0.616. The van der Waals surface area contributed by atoms with Crippen molar-refractivity contribution in [3.8, 4) is 5.75 Å². The van der Waals surface area contributed by atoms with E-state index in [1.807, 2.05) is 62.1 Å². The minimum absolute atomic E-state index is 0.0615. The molecule has 0 saturated heterocycles. The fourth-order valence-corrected chi connectivity index (χ4v) is 5.68. The Morgan fingerprint density at radius 1 is 1.25 bits per heavy atom. The fourth-order valence-electron chi connectivity index (χ4n) is 3.23. The summed E-state index contributed by atoms with van der Waals surface area (Å²) in [7, 11) is 5.68. The maximum atomic E-state index is 13.2. The molecule has 0 saturated carbocycles. The second kappa shape index (κ2) is 7.48. The van der Waals surface area contributed by atoms with Gasteiger partial charge in [0.15, 0.2) is 6.20 Å². The Balaban J connectivity index is 1.92. The van der Waals surface area contributed by atoms with Crippen molar-refractivity contribution in [1.29, 1.82) is 0 Å². The molecule has 1 aliphatic rings. The lowest BCUT2D eigenvalue weighted by Crippen LogP contribution is -2.34. The predicted octanol–water partition coefficient (Wildman–Crippen LogP) is 1.90. The zero-order chi connectivity index (χ0) is 19.8. The highest BCUT2D eigenvalue weighted by molar-refractivity contribution is 8.08. The van der Waals surface area contributed by atoms with Crippen molar-refractivity contribution in [1.82, 2.24) is 4.57 Å². The molecule has 0 atom stereocenters. The van der Waals surface area contributed by atoms with Gasteiger partial charge >= 0.3 is 0 Å². The average molecular weight is 413 g/mol. The van der Waals surface area contributed by atoms with Crippen LogP contribution in [0.1, 0.15) is 12.6 Å². The van der Waals surface area contributed by atoms with Crippen LogP contribution in [0.15, 0.2) is 52.3 Å². The molecule has 2 aromatic heterocycles. The monoisotopic (exact) mass is 412 g/mol. The summed E-state index contributed by atoms with van der Waals surface area (Å²) in [5.41, 5.74) is 2.18. The van der Waals surface area contributed by atoms with Crippen LogP contribution < -0.4 is 29.0 Å². The topological polar surface area (TPSA) is 38.4 Å². The molecule has 0 N–H and O–H groups in total. The fraction of sp³-hybridized carbons (Fsp3) is 0.238. The SMILES string of the molecule is CCn1c(=O)/c(=C2\Sc3ccc(OC)cc3N2C)s/c1=C\c1cccc[n+]1C. The van der Waals surface area contributed by atoms with Crippen molar-refractivity contribution < 1.29 is 9.30 Å². The van der Waals surface area contributed by atoms with E-state index in [9.17, 15) is 4.79 Å². The molecule has 0 aliphatic carbocycles. The van der Waals surface area contributed by atoms with Gasteiger partial charge in [0.2, 0.25) is 5.69 Å². The van der Waals surface area contributed by atoms with Crippen LogP contribution in [0, 0.1) is 0 Å². The van der Waals surface area contributed by atoms with Gasteiger partial charge in [0.1, 0.15) is 27.0 Å². The Hall–Kier alpha value is -2.51. The van der Waals surface area contributed by atoms with Crippen LogP contribution in [0.4, 0.5) is 5.69 Å². The van der Waals surface area contributed by atoms with Crippen LogP contribution in [0.25, 0.3) is 11.1 Å². The molecule has 4 rings (SSSR count). The van der Waals surface area contributed by atoms with Crippen molar-refractivity contribution in [3.05, 3.63) is 67.8 Å². The van der Waals surface area contributed by atoms with Gasteiger partial charge in [-0.05, 0) is 25.1 Å². The molecule has 0 fully saturated rings. The molecule has 144 valence electrons. The van der Waals surface area contributed by atoms with Gasteiger partial charge in [-0.1, -0.05) is 11.8 Å². The number of aryl methyl sites for hydroxylation is 1. The standard InChI is InChI=1S/C21H22N3O2S2/c1-5-24-18(12-14-8-6-7-11-22(14)2)28-19(20(24)25)21-23(3)16-13-15(26-4)9-10-17(16)27-21/h6-13H,5H2,1-4H3/q+1/b21-19+. The van der Waals surface area contributed by atoms with Crippen LogP contribution in [0.2, 0.25) is 0 Å². The van der Waals surface area contributed by atoms with E-state index in [0.29, 0.717) is 6.54 Å². The van der Waals surface area contributed by atoms with Crippen LogP contribution in [-0.4, -0.2) is 18.7 Å². The number of nitrogens with zero attached hydrogens (tertiary/aromatic N) is 3. The van der Waals surface area contributed by atoms with Crippen molar-refractivity contribution >= 4 is 39.9 Å². The van der Waals surface area contributed by atoms with Gasteiger partial charge in [0, 0.05) is 42.8 Å². The summed E-state index contributed by atoms with van der Waals surface area (Å²) in [5.74, 6) is 0.815. The molecule has 1 aromatic carbocycles. The van der Waals surface area contributed by atoms with Crippen molar-refractivity contribution in [3.63, 3.8) is 0 Å². The molecule has 5 nitrogen and oxygen atoms in total. The number of ether oxygens (including phenoxy) is 1. The second-order valence-electron chi connectivity index (χ2n) is 6.50. The summed E-state index contributed by atoms with van der Waals surface area (Å²) in [6.45, 7) is 2.65. The van der Waals surface area contributed by atoms with Crippen LogP contribution in [-0.2, 0) is 13.6 Å². The average Bonchev–Trinajstić information content (AvgIpc) is 3.19. The zero-order valence-corrected chi connectivity index (χ0v) is 17.9. The van der Waals surface area contributed by atoms with Crippen LogP contribution in [0.5, 0.6) is 5.75 Å². The highest BCUT2D eigenvalue weighted by Gasteiger charge is 2.25. The minimum Gasteiger partial charge on any atom is -0.497 e. The van der Waals surface area contributed by atoms with E-state index >= 15 is 0 Å². The number of benzene rings is 1. The number of rotatable bonds is 3. The molecule has 3 aromatic rings. The van der Waals surface area contributed by atoms with Crippen molar-refractivity contribution in [2.45, 2.75) is 18.4 Å². The van der Waals surface area contributed by atoms with Gasteiger partial charge in [-0.2, -0.15) is 0 Å². The van der Waals surface area contributed by atoms with E-state index in [0.717, 1.165) is 36.3 Å². The van der Waals surface area contributed by atoms with Gasteiger partial charge in [0.05, 0.1) is 12.8 Å². The minimum atomic E-state index is 0.0615. The summed E-state index contributed by atoms with van der Waals surface area (Å²) in [5, 5.41) is 0.970. The number of methoxy groups -OCH3 is 1. The van der Waals surface area contributed by atoms with Gasteiger partial charge in [-0.15, -0.1) is 11.3 Å². The summed E-state index contributed by atoms with van der Waals surface area (Å²) < 4.78 is 11.0. The molecule has 0 spiro atoms. The number of hydrogen-bond donors (Lipinski definition) is 0. The molecule has 28 heavy (non-hydrogen) atoms. The van der Waals surface area contributed by atoms with Gasteiger partial charge in [-0.25, -0.2) is 4.57 Å². The molecule has 7 heteroatoms. The number of aromatic nitrogens is 2. The Morgan fingerprint density at radius 3 is 2.79 bits per heavy atom. The lowest BCUT2D eigenvalue weighted by molar-refractivity contribution is -0.673. The van der Waals surface area contributed by atoms with Crippen LogP contribution >= 0.6 is 23.1 Å². The third-order valence-corrected chi connectivity index (χ3v) is 7.31. The number of anilines is 1. The number of thiazole rings is 1. The van der Waals surface area contributed by atoms with E-state index in [1.54, 1.807) is 30.2 Å². The molecular weight excluding hydrogens is 390 g/mol. The first-order valence-electron chi connectivity index (χ1n) is 9.03. The van der Waals surface area contributed by atoms with E-state index in [1.165, 1.54) is 0 Å². The molecule has 3 heterocycles. The highest BCUT2D eigenvalue weighted by Crippen LogP contribution is 2.46. The lowest BCUT2D eigenvalue weighted by atomic mass is 10.3. The normalized spacial score (nSPS) is 15.9. The largest absolute Gasteiger partial charge is 0.497 e. The summed E-state index contributed by atoms with van der Waals surface area (Å²) in [6.07, 6.45) is 4.09. The molecule has 1 aliphatic heterocycles. The first kappa shape index (κ1) is 18.8. The van der Waals surface area contributed by atoms with E-state index in [2.05, 4.69) is 21.6 Å². The molecule has 0 bridgehead atoms. The van der Waals surface area contributed by atoms with E-state index in [-0.39, 0.29) is 5.56 Å². The number of pyridine rings is 1. The van der Waals surface area contributed by atoms with Crippen molar-refractivity contribution in [2.75, 3.05) is 19.1 Å². The number of hydrogen-bond acceptors (Lipinski definition) is 5. The molecule has 0 amide bonds. The smallest absolute Gasteiger partial charge is 0.271 e. The number of fused-ring (bicyclic) bond motifs is 1.